The number of benzene rings is 2. The molecule has 0 aliphatic rings. The quantitative estimate of drug-likeness (QED) is 0.396. The molecule has 38 heavy (non-hydrogen) atoms. The number of amides is 2. The molecular weight excluding hydrogens is 485 g/mol. The number of aromatic nitrogens is 5. The van der Waals surface area contributed by atoms with E-state index >= 15 is 0 Å². The second-order valence-corrected chi connectivity index (χ2v) is 10.1. The predicted molar refractivity (Wildman–Crippen MR) is 141 cm³/mol. The Morgan fingerprint density at radius 3 is 2.37 bits per heavy atom. The third kappa shape index (κ3) is 6.26. The minimum atomic E-state index is -0.981. The molecule has 0 aliphatic carbocycles. The summed E-state index contributed by atoms with van der Waals surface area (Å²) in [4.78, 5) is 34.5. The van der Waals surface area contributed by atoms with E-state index in [2.05, 4.69) is 25.7 Å². The van der Waals surface area contributed by atoms with Gasteiger partial charge in [-0.3, -0.25) is 19.5 Å². The van der Waals surface area contributed by atoms with Gasteiger partial charge in [0, 0.05) is 29.2 Å². The molecule has 10 heteroatoms. The number of hydrogen-bond donors (Lipinski definition) is 1. The molecule has 4 rings (SSSR count). The average molecular weight is 516 g/mol. The number of aryl methyl sites for hydroxylation is 2. The van der Waals surface area contributed by atoms with Crippen molar-refractivity contribution in [2.75, 3.05) is 4.90 Å². The lowest BCUT2D eigenvalue weighted by molar-refractivity contribution is -0.128. The van der Waals surface area contributed by atoms with Crippen LogP contribution in [0.1, 0.15) is 43.5 Å². The SMILES string of the molecule is Cc1ccc(C)c(N(C(=O)Cn2nnc(-c3ccc(F)cc3)n2)[C@H](C(=O)NC(C)(C)C)c2ccncc2)c1. The number of carbonyl (C=O) groups excluding carboxylic acids is 2. The molecule has 0 spiro atoms. The fraction of sp³-hybridized carbons (Fsp3) is 0.286. The highest BCUT2D eigenvalue weighted by Crippen LogP contribution is 2.32. The van der Waals surface area contributed by atoms with Crippen molar-refractivity contribution in [2.45, 2.75) is 52.7 Å². The molecule has 0 bridgehead atoms. The van der Waals surface area contributed by atoms with E-state index in [0.717, 1.165) is 11.1 Å². The first-order chi connectivity index (χ1) is 18.0. The summed E-state index contributed by atoms with van der Waals surface area (Å²) in [6.07, 6.45) is 3.18. The number of carbonyl (C=O) groups is 2. The van der Waals surface area contributed by atoms with Crippen LogP contribution in [0.3, 0.4) is 0 Å². The Labute approximate surface area is 220 Å². The maximum atomic E-state index is 14.0. The number of nitrogens with zero attached hydrogens (tertiary/aromatic N) is 6. The maximum absolute atomic E-state index is 14.0. The molecule has 0 saturated heterocycles. The molecule has 2 amide bonds. The van der Waals surface area contributed by atoms with Crippen molar-refractivity contribution in [2.24, 2.45) is 0 Å². The summed E-state index contributed by atoms with van der Waals surface area (Å²) < 4.78 is 13.3. The van der Waals surface area contributed by atoms with Crippen LogP contribution in [0.25, 0.3) is 11.4 Å². The van der Waals surface area contributed by atoms with Crippen molar-refractivity contribution in [1.29, 1.82) is 0 Å². The van der Waals surface area contributed by atoms with Crippen LogP contribution in [0, 0.1) is 19.7 Å². The number of hydrogen-bond acceptors (Lipinski definition) is 6. The van der Waals surface area contributed by atoms with E-state index in [1.54, 1.807) is 24.5 Å². The van der Waals surface area contributed by atoms with Crippen molar-refractivity contribution in [3.05, 3.63) is 89.5 Å². The Hall–Kier alpha value is -4.47. The first-order valence-corrected chi connectivity index (χ1v) is 12.2. The number of halogens is 1. The fourth-order valence-corrected chi connectivity index (χ4v) is 4.02. The van der Waals surface area contributed by atoms with Crippen molar-refractivity contribution in [3.63, 3.8) is 0 Å². The van der Waals surface area contributed by atoms with Gasteiger partial charge in [-0.05, 0) is 99.0 Å². The zero-order chi connectivity index (χ0) is 27.4. The van der Waals surface area contributed by atoms with Crippen LogP contribution in [0.2, 0.25) is 0 Å². The minimum absolute atomic E-state index is 0.257. The smallest absolute Gasteiger partial charge is 0.251 e. The molecule has 0 fully saturated rings. The Kier molecular flexibility index (Phi) is 7.61. The lowest BCUT2D eigenvalue weighted by Crippen LogP contribution is -2.50. The fourth-order valence-electron chi connectivity index (χ4n) is 4.02. The van der Waals surface area contributed by atoms with E-state index in [0.29, 0.717) is 16.8 Å². The van der Waals surface area contributed by atoms with E-state index in [1.807, 2.05) is 52.8 Å². The molecule has 4 aromatic rings. The lowest BCUT2D eigenvalue weighted by Gasteiger charge is -2.34. The topological polar surface area (TPSA) is 106 Å². The Balaban J connectivity index is 1.76. The van der Waals surface area contributed by atoms with Gasteiger partial charge in [0.05, 0.1) is 0 Å². The maximum Gasteiger partial charge on any atom is 0.251 e. The third-order valence-electron chi connectivity index (χ3n) is 5.75. The Morgan fingerprint density at radius 1 is 1.03 bits per heavy atom. The predicted octanol–water partition coefficient (Wildman–Crippen LogP) is 4.18. The van der Waals surface area contributed by atoms with Crippen LogP contribution in [-0.2, 0) is 16.1 Å². The number of tetrazole rings is 1. The van der Waals surface area contributed by atoms with Crippen LogP contribution in [0.15, 0.2) is 67.0 Å². The highest BCUT2D eigenvalue weighted by molar-refractivity contribution is 6.02. The average Bonchev–Trinajstić information content (AvgIpc) is 3.32. The molecule has 2 aromatic carbocycles. The van der Waals surface area contributed by atoms with E-state index in [-0.39, 0.29) is 24.1 Å². The number of pyridine rings is 1. The zero-order valence-electron chi connectivity index (χ0n) is 22.0. The molecule has 0 unspecified atom stereocenters. The summed E-state index contributed by atoms with van der Waals surface area (Å²) in [5, 5.41) is 15.4. The molecule has 196 valence electrons. The summed E-state index contributed by atoms with van der Waals surface area (Å²) in [6, 6.07) is 13.9. The van der Waals surface area contributed by atoms with Crippen LogP contribution in [0.4, 0.5) is 10.1 Å². The second kappa shape index (κ2) is 10.9. The van der Waals surface area contributed by atoms with Crippen molar-refractivity contribution >= 4 is 17.5 Å². The standard InChI is InChI=1S/C28H30FN7O2/c1-18-6-7-19(2)23(16-18)36(25(20-12-14-30-15-13-20)27(38)31-28(3,4)5)24(37)17-35-33-26(32-34-35)21-8-10-22(29)11-9-21/h6-16,25H,17H2,1-5H3,(H,31,38)/t25-/m0/s1. The monoisotopic (exact) mass is 515 g/mol. The van der Waals surface area contributed by atoms with E-state index in [9.17, 15) is 14.0 Å². The molecule has 0 aliphatic heterocycles. The van der Waals surface area contributed by atoms with Gasteiger partial charge >= 0.3 is 0 Å². The van der Waals surface area contributed by atoms with Gasteiger partial charge in [-0.15, -0.1) is 10.2 Å². The summed E-state index contributed by atoms with van der Waals surface area (Å²) in [7, 11) is 0. The molecule has 2 heterocycles. The lowest BCUT2D eigenvalue weighted by atomic mass is 10.00. The van der Waals surface area contributed by atoms with E-state index in [1.165, 1.54) is 34.0 Å². The van der Waals surface area contributed by atoms with Crippen LogP contribution >= 0.6 is 0 Å². The van der Waals surface area contributed by atoms with Crippen molar-refractivity contribution in [3.8, 4) is 11.4 Å². The molecule has 0 radical (unpaired) electrons. The van der Waals surface area contributed by atoms with Gasteiger partial charge in [0.2, 0.25) is 11.7 Å². The number of rotatable bonds is 7. The molecule has 1 atom stereocenters. The third-order valence-corrected chi connectivity index (χ3v) is 5.75. The Bertz CT molecular complexity index is 1430. The largest absolute Gasteiger partial charge is 0.349 e. The Morgan fingerprint density at radius 2 is 1.71 bits per heavy atom. The first kappa shape index (κ1) is 26.6. The summed E-state index contributed by atoms with van der Waals surface area (Å²) >= 11 is 0. The van der Waals surface area contributed by atoms with Crippen LogP contribution < -0.4 is 10.2 Å². The number of nitrogens with one attached hydrogen (secondary N) is 1. The molecule has 1 N–H and O–H groups in total. The minimum Gasteiger partial charge on any atom is -0.349 e. The van der Waals surface area contributed by atoms with Crippen molar-refractivity contribution in [1.82, 2.24) is 30.5 Å². The van der Waals surface area contributed by atoms with Crippen LogP contribution in [0.5, 0.6) is 0 Å². The van der Waals surface area contributed by atoms with Gasteiger partial charge in [-0.2, -0.15) is 4.80 Å². The molecular formula is C28H30FN7O2. The normalized spacial score (nSPS) is 12.2. The van der Waals surface area contributed by atoms with Gasteiger partial charge in [0.15, 0.2) is 0 Å². The molecule has 0 saturated carbocycles. The highest BCUT2D eigenvalue weighted by Gasteiger charge is 2.35. The second-order valence-electron chi connectivity index (χ2n) is 10.1. The van der Waals surface area contributed by atoms with Gasteiger partial charge < -0.3 is 5.32 Å². The van der Waals surface area contributed by atoms with Crippen LogP contribution in [-0.4, -0.2) is 42.5 Å². The summed E-state index contributed by atoms with van der Waals surface area (Å²) in [5.74, 6) is -0.868. The van der Waals surface area contributed by atoms with Gasteiger partial charge in [-0.25, -0.2) is 4.39 Å². The summed E-state index contributed by atoms with van der Waals surface area (Å²) in [5.41, 5.74) is 3.00. The highest BCUT2D eigenvalue weighted by atomic mass is 19.1. The first-order valence-electron chi connectivity index (χ1n) is 12.2. The van der Waals surface area contributed by atoms with Gasteiger partial charge in [0.25, 0.3) is 5.91 Å². The number of anilines is 1. The molecule has 9 nitrogen and oxygen atoms in total. The zero-order valence-corrected chi connectivity index (χ0v) is 22.0. The van der Waals surface area contributed by atoms with Crippen molar-refractivity contribution < 1.29 is 14.0 Å². The van der Waals surface area contributed by atoms with E-state index in [4.69, 9.17) is 0 Å². The molecule has 2 aromatic heterocycles. The van der Waals surface area contributed by atoms with E-state index < -0.39 is 17.5 Å². The van der Waals surface area contributed by atoms with Gasteiger partial charge in [0.1, 0.15) is 18.4 Å². The van der Waals surface area contributed by atoms with Gasteiger partial charge in [-0.1, -0.05) is 12.1 Å². The summed E-state index contributed by atoms with van der Waals surface area (Å²) in [6.45, 7) is 9.20.